The van der Waals surface area contributed by atoms with Gasteiger partial charge in [0.25, 0.3) is 4.84 Å². The van der Waals surface area contributed by atoms with Crippen molar-refractivity contribution < 1.29 is 13.9 Å². The number of hydrogen-bond acceptors (Lipinski definition) is 8. The highest BCUT2D eigenvalue weighted by atomic mass is 32.1. The molecule has 8 nitrogen and oxygen atoms in total. The molecule has 1 fully saturated rings. The average Bonchev–Trinajstić information content (AvgIpc) is 3.35. The Balaban J connectivity index is 1.26. The molecule has 0 saturated carbocycles. The minimum Gasteiger partial charge on any atom is -0.454 e. The van der Waals surface area contributed by atoms with Crippen molar-refractivity contribution in [3.63, 3.8) is 0 Å². The van der Waals surface area contributed by atoms with Crippen molar-refractivity contribution in [2.24, 2.45) is 0 Å². The van der Waals surface area contributed by atoms with Crippen LogP contribution in [0.25, 0.3) is 11.5 Å². The standard InChI is InChI=1S/C19H19N5O3S/c28-19-24(12-22-7-9-23(10-8-22)17-3-1-2-6-20-17)21-18(27-19)14-4-5-15-16(11-14)26-13-25-15/h1-6,11H,7-10,12-13H2. The zero-order valence-corrected chi connectivity index (χ0v) is 16.0. The highest BCUT2D eigenvalue weighted by Gasteiger charge is 2.20. The molecule has 3 aromatic rings. The van der Waals surface area contributed by atoms with Gasteiger partial charge in [-0.25, -0.2) is 9.67 Å². The van der Waals surface area contributed by atoms with Crippen molar-refractivity contribution in [3.05, 3.63) is 47.4 Å². The summed E-state index contributed by atoms with van der Waals surface area (Å²) in [6.07, 6.45) is 1.83. The summed E-state index contributed by atoms with van der Waals surface area (Å²) in [7, 11) is 0. The van der Waals surface area contributed by atoms with E-state index in [0.29, 0.717) is 23.1 Å². The van der Waals surface area contributed by atoms with Crippen molar-refractivity contribution in [2.45, 2.75) is 6.67 Å². The maximum atomic E-state index is 5.72. The van der Waals surface area contributed by atoms with E-state index in [0.717, 1.165) is 43.3 Å². The minimum atomic E-state index is 0.237. The second-order valence-corrected chi connectivity index (χ2v) is 7.02. The van der Waals surface area contributed by atoms with Crippen LogP contribution in [0.5, 0.6) is 11.5 Å². The number of pyridine rings is 1. The molecule has 0 amide bonds. The third kappa shape index (κ3) is 3.34. The Morgan fingerprint density at radius 3 is 2.68 bits per heavy atom. The van der Waals surface area contributed by atoms with Crippen molar-refractivity contribution in [3.8, 4) is 23.0 Å². The highest BCUT2D eigenvalue weighted by molar-refractivity contribution is 7.71. The highest BCUT2D eigenvalue weighted by Crippen LogP contribution is 2.35. The first-order chi connectivity index (χ1) is 13.8. The lowest BCUT2D eigenvalue weighted by Gasteiger charge is -2.34. The van der Waals surface area contributed by atoms with Gasteiger partial charge in [0.2, 0.25) is 12.7 Å². The number of anilines is 1. The minimum absolute atomic E-state index is 0.237. The van der Waals surface area contributed by atoms with Crippen LogP contribution in [0.4, 0.5) is 5.82 Å². The summed E-state index contributed by atoms with van der Waals surface area (Å²) in [5.41, 5.74) is 0.814. The molecule has 2 aliphatic rings. The maximum absolute atomic E-state index is 5.72. The second-order valence-electron chi connectivity index (χ2n) is 6.68. The molecule has 0 aliphatic carbocycles. The van der Waals surface area contributed by atoms with Gasteiger partial charge in [0.1, 0.15) is 5.82 Å². The normalized spacial score (nSPS) is 16.5. The number of fused-ring (bicyclic) bond motifs is 1. The van der Waals surface area contributed by atoms with E-state index in [-0.39, 0.29) is 6.79 Å². The molecule has 9 heteroatoms. The predicted octanol–water partition coefficient (Wildman–Crippen LogP) is 2.78. The Bertz CT molecular complexity index is 1030. The summed E-state index contributed by atoms with van der Waals surface area (Å²) in [5.74, 6) is 2.92. The Kier molecular flexibility index (Phi) is 4.46. The Hall–Kier alpha value is -2.91. The molecule has 1 saturated heterocycles. The van der Waals surface area contributed by atoms with Crippen molar-refractivity contribution in [1.82, 2.24) is 19.7 Å². The number of piperazine rings is 1. The predicted molar refractivity (Wildman–Crippen MR) is 105 cm³/mol. The van der Waals surface area contributed by atoms with Crippen molar-refractivity contribution >= 4 is 18.0 Å². The summed E-state index contributed by atoms with van der Waals surface area (Å²) >= 11 is 5.37. The molecule has 0 spiro atoms. The van der Waals surface area contributed by atoms with E-state index in [9.17, 15) is 0 Å². The number of rotatable bonds is 4. The molecule has 28 heavy (non-hydrogen) atoms. The topological polar surface area (TPSA) is 68.8 Å². The molecule has 5 rings (SSSR count). The number of aromatic nitrogens is 3. The molecule has 0 bridgehead atoms. The molecule has 0 N–H and O–H groups in total. The molecule has 144 valence electrons. The maximum Gasteiger partial charge on any atom is 0.288 e. The first kappa shape index (κ1) is 17.2. The fourth-order valence-corrected chi connectivity index (χ4v) is 3.57. The average molecular weight is 397 g/mol. The van der Waals surface area contributed by atoms with Crippen LogP contribution in [-0.2, 0) is 6.67 Å². The van der Waals surface area contributed by atoms with E-state index < -0.39 is 0 Å². The van der Waals surface area contributed by atoms with Gasteiger partial charge >= 0.3 is 0 Å². The third-order valence-electron chi connectivity index (χ3n) is 4.91. The number of nitrogens with zero attached hydrogens (tertiary/aromatic N) is 5. The monoisotopic (exact) mass is 397 g/mol. The summed E-state index contributed by atoms with van der Waals surface area (Å²) in [6.45, 7) is 4.48. The molecule has 0 radical (unpaired) electrons. The van der Waals surface area contributed by atoms with E-state index in [1.807, 2.05) is 42.6 Å². The second kappa shape index (κ2) is 7.25. The van der Waals surface area contributed by atoms with Gasteiger partial charge in [0.15, 0.2) is 11.5 Å². The van der Waals surface area contributed by atoms with Crippen LogP contribution < -0.4 is 14.4 Å². The first-order valence-corrected chi connectivity index (χ1v) is 9.53. The summed E-state index contributed by atoms with van der Waals surface area (Å²) < 4.78 is 18.2. The molecule has 0 unspecified atom stereocenters. The van der Waals surface area contributed by atoms with Crippen molar-refractivity contribution in [2.75, 3.05) is 37.9 Å². The van der Waals surface area contributed by atoms with E-state index in [4.69, 9.17) is 26.1 Å². The van der Waals surface area contributed by atoms with Crippen LogP contribution in [-0.4, -0.2) is 52.6 Å². The zero-order valence-electron chi connectivity index (χ0n) is 15.2. The summed E-state index contributed by atoms with van der Waals surface area (Å²) in [6, 6.07) is 11.6. The lowest BCUT2D eigenvalue weighted by Crippen LogP contribution is -2.47. The third-order valence-corrected chi connectivity index (χ3v) is 5.20. The lowest BCUT2D eigenvalue weighted by atomic mass is 10.2. The van der Waals surface area contributed by atoms with Crippen LogP contribution in [0, 0.1) is 4.84 Å². The Morgan fingerprint density at radius 1 is 1.00 bits per heavy atom. The van der Waals surface area contributed by atoms with E-state index in [1.165, 1.54) is 0 Å². The number of ether oxygens (including phenoxy) is 2. The van der Waals surface area contributed by atoms with Gasteiger partial charge in [-0.15, -0.1) is 5.10 Å². The molecule has 2 aromatic heterocycles. The molecule has 2 aliphatic heterocycles. The van der Waals surface area contributed by atoms with Gasteiger partial charge in [0.05, 0.1) is 6.67 Å². The fourth-order valence-electron chi connectivity index (χ4n) is 3.39. The van der Waals surface area contributed by atoms with E-state index in [1.54, 1.807) is 4.68 Å². The number of benzene rings is 1. The molecular weight excluding hydrogens is 378 g/mol. The Morgan fingerprint density at radius 2 is 1.86 bits per heavy atom. The fraction of sp³-hybridized carbons (Fsp3) is 0.316. The lowest BCUT2D eigenvalue weighted by molar-refractivity contribution is 0.174. The van der Waals surface area contributed by atoms with Crippen LogP contribution in [0.2, 0.25) is 0 Å². The summed E-state index contributed by atoms with van der Waals surface area (Å²) in [5, 5.41) is 4.56. The summed E-state index contributed by atoms with van der Waals surface area (Å²) in [4.78, 5) is 9.38. The van der Waals surface area contributed by atoms with Crippen molar-refractivity contribution in [1.29, 1.82) is 0 Å². The molecular formula is C19H19N5O3S. The largest absolute Gasteiger partial charge is 0.454 e. The van der Waals surface area contributed by atoms with Crippen LogP contribution >= 0.6 is 12.2 Å². The smallest absolute Gasteiger partial charge is 0.288 e. The van der Waals surface area contributed by atoms with Crippen LogP contribution in [0.3, 0.4) is 0 Å². The van der Waals surface area contributed by atoms with Gasteiger partial charge in [-0.3, -0.25) is 4.90 Å². The molecule has 0 atom stereocenters. The van der Waals surface area contributed by atoms with Crippen LogP contribution in [0.15, 0.2) is 47.0 Å². The van der Waals surface area contributed by atoms with Gasteiger partial charge in [-0.05, 0) is 42.5 Å². The molecule has 4 heterocycles. The van der Waals surface area contributed by atoms with E-state index in [2.05, 4.69) is 19.9 Å². The molecule has 1 aromatic carbocycles. The number of hydrogen-bond donors (Lipinski definition) is 0. The van der Waals surface area contributed by atoms with E-state index >= 15 is 0 Å². The Labute approximate surface area is 166 Å². The quantitative estimate of drug-likeness (QED) is 0.623. The van der Waals surface area contributed by atoms with Gasteiger partial charge < -0.3 is 18.8 Å². The first-order valence-electron chi connectivity index (χ1n) is 9.12. The van der Waals surface area contributed by atoms with Crippen LogP contribution in [0.1, 0.15) is 0 Å². The van der Waals surface area contributed by atoms with Gasteiger partial charge in [-0.2, -0.15) is 0 Å². The van der Waals surface area contributed by atoms with Gasteiger partial charge in [-0.1, -0.05) is 6.07 Å². The SMILES string of the molecule is S=c1oc(-c2ccc3c(c2)OCO3)nn1CN1CCN(c2ccccn2)CC1. The zero-order chi connectivity index (χ0) is 18.9. The van der Waals surface area contributed by atoms with Gasteiger partial charge in [0, 0.05) is 37.9 Å².